The van der Waals surface area contributed by atoms with Crippen molar-refractivity contribution in [3.8, 4) is 0 Å². The highest BCUT2D eigenvalue weighted by Gasteiger charge is 2.42. The summed E-state index contributed by atoms with van der Waals surface area (Å²) in [5.74, 6) is -1.15. The van der Waals surface area contributed by atoms with Crippen LogP contribution in [-0.2, 0) is 24.0 Å². The summed E-state index contributed by atoms with van der Waals surface area (Å²) in [6.07, 6.45) is 2.57. The highest BCUT2D eigenvalue weighted by Crippen LogP contribution is 2.36. The van der Waals surface area contributed by atoms with E-state index in [1.54, 1.807) is 27.0 Å². The second-order valence-corrected chi connectivity index (χ2v) is 6.84. The van der Waals surface area contributed by atoms with Crippen molar-refractivity contribution >= 4 is 5.97 Å². The van der Waals surface area contributed by atoms with Gasteiger partial charge in [0.05, 0.1) is 25.7 Å². The zero-order chi connectivity index (χ0) is 19.0. The molecule has 0 aromatic heterocycles. The smallest absolute Gasteiger partial charge is 0.308 e. The number of rotatable bonds is 9. The van der Waals surface area contributed by atoms with Gasteiger partial charge in [0.25, 0.3) is 0 Å². The van der Waals surface area contributed by atoms with Crippen LogP contribution in [0.15, 0.2) is 11.6 Å². The molecular weight excluding hydrogens is 328 g/mol. The van der Waals surface area contributed by atoms with E-state index in [2.05, 4.69) is 4.74 Å². The third-order valence-electron chi connectivity index (χ3n) is 4.73. The number of hydrogen-bond acceptors (Lipinski definition) is 7. The Kier molecular flexibility index (Phi) is 9.02. The van der Waals surface area contributed by atoms with Gasteiger partial charge in [-0.2, -0.15) is 0 Å². The predicted molar refractivity (Wildman–Crippen MR) is 91.4 cm³/mol. The van der Waals surface area contributed by atoms with E-state index in [0.29, 0.717) is 25.7 Å². The van der Waals surface area contributed by atoms with Gasteiger partial charge in [0.1, 0.15) is 6.10 Å². The van der Waals surface area contributed by atoms with Crippen molar-refractivity contribution in [2.24, 2.45) is 5.92 Å². The molecule has 25 heavy (non-hydrogen) atoms. The SMILES string of the molecule is COC(=O)CC1OOC(CCCC(O)C=C(C)C(C)O)(OC)CC1C. The minimum absolute atomic E-state index is 0.0649. The Labute approximate surface area is 149 Å². The Morgan fingerprint density at radius 2 is 2.08 bits per heavy atom. The van der Waals surface area contributed by atoms with Crippen LogP contribution in [0, 0.1) is 5.92 Å². The molecule has 2 N–H and O–H groups in total. The number of esters is 1. The van der Waals surface area contributed by atoms with E-state index < -0.39 is 18.0 Å². The molecule has 0 aromatic carbocycles. The molecule has 0 bridgehead atoms. The maximum atomic E-state index is 11.4. The average Bonchev–Trinajstić information content (AvgIpc) is 2.56. The number of methoxy groups -OCH3 is 2. The number of ether oxygens (including phenoxy) is 2. The molecule has 5 unspecified atom stereocenters. The van der Waals surface area contributed by atoms with Crippen molar-refractivity contribution < 1.29 is 34.3 Å². The standard InChI is InChI=1S/C18H32O7/c1-12(14(3)19)9-15(20)7-6-8-18(23-5)11-13(2)16(24-25-18)10-17(21)22-4/h9,13-16,19-20H,6-8,10-11H2,1-5H3. The van der Waals surface area contributed by atoms with Crippen molar-refractivity contribution in [2.75, 3.05) is 14.2 Å². The fourth-order valence-electron chi connectivity index (χ4n) is 2.85. The Hall–Kier alpha value is -0.990. The van der Waals surface area contributed by atoms with Crippen LogP contribution in [0.25, 0.3) is 0 Å². The summed E-state index contributed by atoms with van der Waals surface area (Å²) >= 11 is 0. The third-order valence-corrected chi connectivity index (χ3v) is 4.73. The van der Waals surface area contributed by atoms with Crippen LogP contribution in [0.1, 0.15) is 52.9 Å². The van der Waals surface area contributed by atoms with Gasteiger partial charge in [-0.05, 0) is 38.2 Å². The van der Waals surface area contributed by atoms with Crippen LogP contribution in [0.3, 0.4) is 0 Å². The summed E-state index contributed by atoms with van der Waals surface area (Å²) in [5, 5.41) is 19.5. The van der Waals surface area contributed by atoms with Crippen LogP contribution in [0.4, 0.5) is 0 Å². The monoisotopic (exact) mass is 360 g/mol. The first-order valence-corrected chi connectivity index (χ1v) is 8.74. The van der Waals surface area contributed by atoms with Gasteiger partial charge in [-0.25, -0.2) is 9.78 Å². The number of hydrogen-bond donors (Lipinski definition) is 2. The number of aliphatic hydroxyl groups excluding tert-OH is 2. The van der Waals surface area contributed by atoms with E-state index >= 15 is 0 Å². The Morgan fingerprint density at radius 3 is 2.60 bits per heavy atom. The van der Waals surface area contributed by atoms with Crippen molar-refractivity contribution in [1.29, 1.82) is 0 Å². The fraction of sp³-hybridized carbons (Fsp3) is 0.833. The van der Waals surface area contributed by atoms with Crippen LogP contribution in [-0.4, -0.2) is 54.5 Å². The lowest BCUT2D eigenvalue weighted by atomic mass is 9.89. The molecule has 1 fully saturated rings. The molecular formula is C18H32O7. The Morgan fingerprint density at radius 1 is 1.40 bits per heavy atom. The van der Waals surface area contributed by atoms with Crippen LogP contribution >= 0.6 is 0 Å². The van der Waals surface area contributed by atoms with Gasteiger partial charge < -0.3 is 19.7 Å². The fourth-order valence-corrected chi connectivity index (χ4v) is 2.85. The van der Waals surface area contributed by atoms with E-state index in [-0.39, 0.29) is 24.4 Å². The molecule has 0 amide bonds. The summed E-state index contributed by atoms with van der Waals surface area (Å²) in [5.41, 5.74) is 0.741. The third kappa shape index (κ3) is 7.03. The summed E-state index contributed by atoms with van der Waals surface area (Å²) in [6, 6.07) is 0. The van der Waals surface area contributed by atoms with E-state index in [9.17, 15) is 15.0 Å². The molecule has 5 atom stereocenters. The maximum Gasteiger partial charge on any atom is 0.308 e. The van der Waals surface area contributed by atoms with Crippen molar-refractivity contribution in [3.63, 3.8) is 0 Å². The first-order valence-electron chi connectivity index (χ1n) is 8.74. The van der Waals surface area contributed by atoms with Crippen LogP contribution in [0.5, 0.6) is 0 Å². The topological polar surface area (TPSA) is 94.5 Å². The molecule has 1 rings (SSSR count). The summed E-state index contributed by atoms with van der Waals surface area (Å²) in [7, 11) is 2.90. The highest BCUT2D eigenvalue weighted by atomic mass is 17.2. The lowest BCUT2D eigenvalue weighted by Gasteiger charge is -2.40. The zero-order valence-electron chi connectivity index (χ0n) is 15.9. The van der Waals surface area contributed by atoms with E-state index in [1.807, 2.05) is 6.92 Å². The van der Waals surface area contributed by atoms with Crippen molar-refractivity contribution in [2.45, 2.75) is 77.0 Å². The van der Waals surface area contributed by atoms with E-state index in [0.717, 1.165) is 5.57 Å². The van der Waals surface area contributed by atoms with Crippen LogP contribution < -0.4 is 0 Å². The average molecular weight is 360 g/mol. The van der Waals surface area contributed by atoms with E-state index in [4.69, 9.17) is 14.5 Å². The molecule has 1 aliphatic rings. The predicted octanol–water partition coefficient (Wildman–Crippen LogP) is 2.11. The van der Waals surface area contributed by atoms with Gasteiger partial charge in [-0.3, -0.25) is 4.79 Å². The van der Waals surface area contributed by atoms with Gasteiger partial charge >= 0.3 is 5.97 Å². The van der Waals surface area contributed by atoms with Crippen molar-refractivity contribution in [3.05, 3.63) is 11.6 Å². The minimum atomic E-state index is -0.880. The molecule has 1 aliphatic heterocycles. The molecule has 0 spiro atoms. The molecule has 0 aromatic rings. The maximum absolute atomic E-state index is 11.4. The zero-order valence-corrected chi connectivity index (χ0v) is 15.9. The molecule has 1 heterocycles. The van der Waals surface area contributed by atoms with Gasteiger partial charge in [0, 0.05) is 20.0 Å². The second-order valence-electron chi connectivity index (χ2n) is 6.84. The lowest BCUT2D eigenvalue weighted by Crippen LogP contribution is -2.46. The number of carbonyl (C=O) groups is 1. The molecule has 146 valence electrons. The Balaban J connectivity index is 2.51. The first-order chi connectivity index (χ1) is 11.7. The lowest BCUT2D eigenvalue weighted by molar-refractivity contribution is -0.475. The summed E-state index contributed by atoms with van der Waals surface area (Å²) in [4.78, 5) is 22.3. The second kappa shape index (κ2) is 10.2. The van der Waals surface area contributed by atoms with Gasteiger partial charge in [-0.1, -0.05) is 13.0 Å². The quantitative estimate of drug-likeness (QED) is 0.369. The molecule has 1 saturated heterocycles. The molecule has 7 heteroatoms. The highest BCUT2D eigenvalue weighted by molar-refractivity contribution is 5.69. The van der Waals surface area contributed by atoms with Crippen molar-refractivity contribution in [1.82, 2.24) is 0 Å². The number of aliphatic hydroxyl groups is 2. The Bertz CT molecular complexity index is 449. The van der Waals surface area contributed by atoms with Gasteiger partial charge in [0.15, 0.2) is 0 Å². The van der Waals surface area contributed by atoms with Crippen LogP contribution in [0.2, 0.25) is 0 Å². The molecule has 0 aliphatic carbocycles. The van der Waals surface area contributed by atoms with Gasteiger partial charge in [0.2, 0.25) is 5.79 Å². The van der Waals surface area contributed by atoms with E-state index in [1.165, 1.54) is 7.11 Å². The minimum Gasteiger partial charge on any atom is -0.469 e. The summed E-state index contributed by atoms with van der Waals surface area (Å²) in [6.45, 7) is 5.43. The van der Waals surface area contributed by atoms with Gasteiger partial charge in [-0.15, -0.1) is 0 Å². The molecule has 0 radical (unpaired) electrons. The normalized spacial score (nSPS) is 30.0. The number of carbonyl (C=O) groups excluding carboxylic acids is 1. The first kappa shape index (κ1) is 22.1. The largest absolute Gasteiger partial charge is 0.469 e. The molecule has 7 nitrogen and oxygen atoms in total. The summed E-state index contributed by atoms with van der Waals surface area (Å²) < 4.78 is 10.2. The molecule has 0 saturated carbocycles.